The molecule has 0 amide bonds. The maximum absolute atomic E-state index is 15.9. The van der Waals surface area contributed by atoms with E-state index in [9.17, 15) is 4.79 Å². The third-order valence-electron chi connectivity index (χ3n) is 5.89. The van der Waals surface area contributed by atoms with Gasteiger partial charge in [0.2, 0.25) is 0 Å². The third-order valence-corrected chi connectivity index (χ3v) is 7.10. The van der Waals surface area contributed by atoms with E-state index in [2.05, 4.69) is 30.1 Å². The molecule has 36 heavy (non-hydrogen) atoms. The summed E-state index contributed by atoms with van der Waals surface area (Å²) in [6.45, 7) is 1.54. The molecule has 0 saturated heterocycles. The summed E-state index contributed by atoms with van der Waals surface area (Å²) < 4.78 is 15.9. The summed E-state index contributed by atoms with van der Waals surface area (Å²) in [5.41, 5.74) is 4.30. The summed E-state index contributed by atoms with van der Waals surface area (Å²) >= 11 is 1.39. The molecule has 6 rings (SSSR count). The monoisotopic (exact) mass is 498 g/mol. The number of rotatable bonds is 5. The first-order chi connectivity index (χ1) is 17.4. The molecule has 0 aliphatic rings. The van der Waals surface area contributed by atoms with Crippen LogP contribution in [0.25, 0.3) is 55.3 Å². The first-order valence-corrected chi connectivity index (χ1v) is 11.8. The minimum Gasteiger partial charge on any atom is -0.376 e. The normalized spacial score (nSPS) is 11.4. The lowest BCUT2D eigenvalue weighted by Crippen LogP contribution is -2.09. The SMILES string of the molecule is CC(=O)c1ccc(-c2ccnc3[nH]c(-c4n[nH]c5cnc(-c6cncc(N(C)C)c6)c(F)c45)nc23)s1. The van der Waals surface area contributed by atoms with Gasteiger partial charge in [0.1, 0.15) is 16.9 Å². The second kappa shape index (κ2) is 8.31. The maximum atomic E-state index is 15.9. The zero-order valence-electron chi connectivity index (χ0n) is 19.5. The highest BCUT2D eigenvalue weighted by Crippen LogP contribution is 2.36. The van der Waals surface area contributed by atoms with Crippen LogP contribution in [0.15, 0.2) is 49.1 Å². The number of pyridine rings is 3. The van der Waals surface area contributed by atoms with Gasteiger partial charge in [-0.05, 0) is 31.2 Å². The number of thiophene rings is 1. The van der Waals surface area contributed by atoms with Crippen LogP contribution >= 0.6 is 11.3 Å². The Balaban J connectivity index is 1.50. The lowest BCUT2D eigenvalue weighted by atomic mass is 10.1. The Morgan fingerprint density at radius 2 is 1.94 bits per heavy atom. The van der Waals surface area contributed by atoms with Crippen LogP contribution < -0.4 is 4.90 Å². The fraction of sp³-hybridized carbons (Fsp3) is 0.120. The Kier molecular flexibility index (Phi) is 5.07. The number of carbonyl (C=O) groups excluding carboxylic acids is 1. The molecule has 0 spiro atoms. The van der Waals surface area contributed by atoms with E-state index in [0.29, 0.717) is 38.6 Å². The minimum absolute atomic E-state index is 0.00784. The van der Waals surface area contributed by atoms with Gasteiger partial charge in [0.15, 0.2) is 23.1 Å². The van der Waals surface area contributed by atoms with Gasteiger partial charge in [0.25, 0.3) is 0 Å². The van der Waals surface area contributed by atoms with E-state index in [1.54, 1.807) is 30.9 Å². The van der Waals surface area contributed by atoms with Crippen molar-refractivity contribution in [3.8, 4) is 33.2 Å². The van der Waals surface area contributed by atoms with Crippen LogP contribution in [-0.2, 0) is 0 Å². The van der Waals surface area contributed by atoms with Crippen molar-refractivity contribution in [3.05, 3.63) is 59.7 Å². The van der Waals surface area contributed by atoms with Crippen LogP contribution in [0.3, 0.4) is 0 Å². The van der Waals surface area contributed by atoms with Crippen molar-refractivity contribution in [2.24, 2.45) is 0 Å². The third kappa shape index (κ3) is 3.52. The van der Waals surface area contributed by atoms with Gasteiger partial charge in [0.05, 0.1) is 33.9 Å². The number of hydrogen-bond acceptors (Lipinski definition) is 8. The lowest BCUT2D eigenvalue weighted by molar-refractivity contribution is 0.102. The standard InChI is InChI=1S/C25H19FN8OS/c1-12(35)17-4-5-18(36-17)15-6-7-28-24-22(15)30-25(31-24)23-19-16(32-33-23)11-29-21(20(19)26)13-8-14(34(2)3)10-27-9-13/h4-11H,1-3H3,(H,32,33)(H,28,30,31). The molecular formula is C25H19FN8OS. The molecule has 0 fully saturated rings. The number of carbonyl (C=O) groups is 1. The van der Waals surface area contributed by atoms with Crippen molar-refractivity contribution in [3.63, 3.8) is 0 Å². The van der Waals surface area contributed by atoms with Crippen LogP contribution in [0.5, 0.6) is 0 Å². The summed E-state index contributed by atoms with van der Waals surface area (Å²) in [5, 5.41) is 7.46. The van der Waals surface area contributed by atoms with E-state index in [4.69, 9.17) is 4.98 Å². The van der Waals surface area contributed by atoms with Crippen molar-refractivity contribution in [1.29, 1.82) is 0 Å². The first-order valence-electron chi connectivity index (χ1n) is 11.0. The molecule has 6 aromatic rings. The fourth-order valence-corrected chi connectivity index (χ4v) is 4.97. The fourth-order valence-electron chi connectivity index (χ4n) is 4.04. The molecule has 0 aromatic carbocycles. The topological polar surface area (TPSA) is 116 Å². The van der Waals surface area contributed by atoms with Crippen LogP contribution in [0.2, 0.25) is 0 Å². The molecule has 2 N–H and O–H groups in total. The quantitative estimate of drug-likeness (QED) is 0.318. The Labute approximate surface area is 208 Å². The number of nitrogens with one attached hydrogen (secondary N) is 2. The predicted molar refractivity (Wildman–Crippen MR) is 138 cm³/mol. The van der Waals surface area contributed by atoms with Gasteiger partial charge in [-0.3, -0.25) is 19.9 Å². The largest absolute Gasteiger partial charge is 0.376 e. The van der Waals surface area contributed by atoms with Crippen LogP contribution in [0.1, 0.15) is 16.6 Å². The number of H-pyrrole nitrogens is 2. The van der Waals surface area contributed by atoms with Gasteiger partial charge < -0.3 is 9.88 Å². The lowest BCUT2D eigenvalue weighted by Gasteiger charge is -2.13. The number of Topliss-reactive ketones (excluding diaryl/α,β-unsaturated/α-hetero) is 1. The highest BCUT2D eigenvalue weighted by molar-refractivity contribution is 7.17. The molecule has 0 radical (unpaired) electrons. The molecule has 0 atom stereocenters. The number of halogens is 1. The summed E-state index contributed by atoms with van der Waals surface area (Å²) in [7, 11) is 3.78. The van der Waals surface area contributed by atoms with E-state index in [1.807, 2.05) is 37.2 Å². The van der Waals surface area contributed by atoms with E-state index in [1.165, 1.54) is 18.3 Å². The van der Waals surface area contributed by atoms with Crippen molar-refractivity contribution in [1.82, 2.24) is 35.1 Å². The number of nitrogens with zero attached hydrogens (tertiary/aromatic N) is 6. The summed E-state index contributed by atoms with van der Waals surface area (Å²) in [6, 6.07) is 7.37. The summed E-state index contributed by atoms with van der Waals surface area (Å²) in [5.74, 6) is -0.142. The van der Waals surface area contributed by atoms with Gasteiger partial charge in [0, 0.05) is 42.5 Å². The Morgan fingerprint density at radius 3 is 2.72 bits per heavy atom. The number of aromatic nitrogens is 7. The number of imidazole rings is 1. The molecule has 0 saturated carbocycles. The number of aromatic amines is 2. The van der Waals surface area contributed by atoms with Crippen LogP contribution in [0.4, 0.5) is 10.1 Å². The zero-order chi connectivity index (χ0) is 25.0. The molecular weight excluding hydrogens is 479 g/mol. The Morgan fingerprint density at radius 1 is 1.08 bits per heavy atom. The van der Waals surface area contributed by atoms with Gasteiger partial charge in [-0.2, -0.15) is 5.10 Å². The maximum Gasteiger partial charge on any atom is 0.169 e. The van der Waals surface area contributed by atoms with E-state index < -0.39 is 5.82 Å². The van der Waals surface area contributed by atoms with Gasteiger partial charge in [-0.15, -0.1) is 11.3 Å². The van der Waals surface area contributed by atoms with Crippen molar-refractivity contribution < 1.29 is 9.18 Å². The smallest absolute Gasteiger partial charge is 0.169 e. The van der Waals surface area contributed by atoms with Crippen molar-refractivity contribution in [2.75, 3.05) is 19.0 Å². The number of ketones is 1. The van der Waals surface area contributed by atoms with Crippen molar-refractivity contribution >= 4 is 44.9 Å². The predicted octanol–water partition coefficient (Wildman–Crippen LogP) is 5.09. The average molecular weight is 499 g/mol. The summed E-state index contributed by atoms with van der Waals surface area (Å²) in [6.07, 6.45) is 6.50. The molecule has 6 heterocycles. The number of fused-ring (bicyclic) bond motifs is 2. The summed E-state index contributed by atoms with van der Waals surface area (Å²) in [4.78, 5) is 36.1. The Bertz CT molecular complexity index is 1780. The average Bonchev–Trinajstić information content (AvgIpc) is 3.61. The molecule has 178 valence electrons. The minimum atomic E-state index is -0.521. The van der Waals surface area contributed by atoms with E-state index in [-0.39, 0.29) is 16.9 Å². The molecule has 0 bridgehead atoms. The van der Waals surface area contributed by atoms with Gasteiger partial charge >= 0.3 is 0 Å². The number of hydrogen-bond donors (Lipinski definition) is 2. The first kappa shape index (κ1) is 22.0. The van der Waals surface area contributed by atoms with Crippen LogP contribution in [0, 0.1) is 5.82 Å². The molecule has 6 aromatic heterocycles. The van der Waals surface area contributed by atoms with Gasteiger partial charge in [-0.1, -0.05) is 0 Å². The second-order valence-corrected chi connectivity index (χ2v) is 9.55. The highest BCUT2D eigenvalue weighted by Gasteiger charge is 2.22. The second-order valence-electron chi connectivity index (χ2n) is 8.47. The molecule has 0 aliphatic carbocycles. The zero-order valence-corrected chi connectivity index (χ0v) is 20.3. The highest BCUT2D eigenvalue weighted by atomic mass is 32.1. The van der Waals surface area contributed by atoms with Crippen LogP contribution in [-0.4, -0.2) is 55.0 Å². The number of anilines is 1. The van der Waals surface area contributed by atoms with Crippen molar-refractivity contribution in [2.45, 2.75) is 6.92 Å². The molecule has 11 heteroatoms. The molecule has 0 unspecified atom stereocenters. The van der Waals surface area contributed by atoms with E-state index >= 15 is 4.39 Å². The van der Waals surface area contributed by atoms with E-state index in [0.717, 1.165) is 16.1 Å². The Hall–Kier alpha value is -4.51. The van der Waals surface area contributed by atoms with Gasteiger partial charge in [-0.25, -0.2) is 14.4 Å². The molecule has 0 aliphatic heterocycles. The molecule has 9 nitrogen and oxygen atoms in total.